The highest BCUT2D eigenvalue weighted by molar-refractivity contribution is 7.89. The van der Waals surface area contributed by atoms with Crippen LogP contribution in [-0.4, -0.2) is 55.2 Å². The van der Waals surface area contributed by atoms with Gasteiger partial charge in [0.2, 0.25) is 10.0 Å². The van der Waals surface area contributed by atoms with Crippen molar-refractivity contribution in [1.29, 1.82) is 0 Å². The first-order chi connectivity index (χ1) is 21.4. The molecule has 2 N–H and O–H groups in total. The van der Waals surface area contributed by atoms with Crippen LogP contribution in [0.3, 0.4) is 0 Å². The number of sulfonamides is 1. The van der Waals surface area contributed by atoms with Crippen LogP contribution in [0.2, 0.25) is 0 Å². The maximum atomic E-state index is 13.1. The highest BCUT2D eigenvalue weighted by Gasteiger charge is 2.42. The van der Waals surface area contributed by atoms with Crippen LogP contribution in [0.4, 0.5) is 0 Å². The van der Waals surface area contributed by atoms with Gasteiger partial charge in [-0.3, -0.25) is 9.69 Å². The molecule has 0 saturated carbocycles. The summed E-state index contributed by atoms with van der Waals surface area (Å²) in [5.41, 5.74) is 2.85. The number of nitrogens with zero attached hydrogens (tertiary/aromatic N) is 1. The second-order valence-electron chi connectivity index (χ2n) is 12.9. The number of aliphatic hydroxyl groups excluding tert-OH is 1. The number of aliphatic hydroxyl groups is 1. The van der Waals surface area contributed by atoms with Crippen LogP contribution >= 0.6 is 0 Å². The molecule has 2 aliphatic heterocycles. The molecular formula is C35H44N2O7S. The Bertz CT molecular complexity index is 1520. The number of carbonyl (C=O) groups excluding carboxylic acids is 1. The normalized spacial score (nSPS) is 24.4. The van der Waals surface area contributed by atoms with E-state index >= 15 is 0 Å². The summed E-state index contributed by atoms with van der Waals surface area (Å²) in [6.45, 7) is 9.19. The number of benzene rings is 3. The number of hydrogen-bond acceptors (Lipinski definition) is 8. The predicted octanol–water partition coefficient (Wildman–Crippen LogP) is 5.25. The van der Waals surface area contributed by atoms with Crippen LogP contribution in [0.5, 0.6) is 0 Å². The molecule has 45 heavy (non-hydrogen) atoms. The Hall–Kier alpha value is -3.12. The minimum Gasteiger partial charge on any atom is -0.459 e. The Kier molecular flexibility index (Phi) is 10.4. The van der Waals surface area contributed by atoms with Crippen molar-refractivity contribution >= 4 is 16.0 Å². The summed E-state index contributed by atoms with van der Waals surface area (Å²) in [7, 11) is -3.63. The van der Waals surface area contributed by atoms with Gasteiger partial charge in [-0.05, 0) is 69.0 Å². The fourth-order valence-electron chi connectivity index (χ4n) is 5.89. The quantitative estimate of drug-likeness (QED) is 0.290. The van der Waals surface area contributed by atoms with Gasteiger partial charge in [0, 0.05) is 24.6 Å². The summed E-state index contributed by atoms with van der Waals surface area (Å²) in [6.07, 6.45) is 0.448. The van der Waals surface area contributed by atoms with Crippen LogP contribution < -0.4 is 4.72 Å². The average molecular weight is 637 g/mol. The lowest BCUT2D eigenvalue weighted by Gasteiger charge is -2.43. The lowest BCUT2D eigenvalue weighted by Crippen LogP contribution is -2.48. The summed E-state index contributed by atoms with van der Waals surface area (Å²) >= 11 is 0. The summed E-state index contributed by atoms with van der Waals surface area (Å²) in [6, 6.07) is 23.3. The third kappa shape index (κ3) is 8.38. The van der Waals surface area contributed by atoms with Crippen molar-refractivity contribution in [3.05, 3.63) is 101 Å². The zero-order chi connectivity index (χ0) is 32.2. The molecule has 3 aromatic rings. The molecule has 5 rings (SSSR count). The van der Waals surface area contributed by atoms with Gasteiger partial charge in [-0.25, -0.2) is 13.1 Å². The smallest absolute Gasteiger partial charge is 0.323 e. The van der Waals surface area contributed by atoms with E-state index in [-0.39, 0.29) is 48.2 Å². The molecule has 2 aliphatic rings. The van der Waals surface area contributed by atoms with E-state index in [0.717, 1.165) is 41.6 Å². The van der Waals surface area contributed by atoms with Crippen LogP contribution in [0.1, 0.15) is 75.2 Å². The third-order valence-corrected chi connectivity index (χ3v) is 9.77. The number of esters is 1. The summed E-state index contributed by atoms with van der Waals surface area (Å²) in [5.74, 6) is -0.237. The van der Waals surface area contributed by atoms with Crippen molar-refractivity contribution < 1.29 is 32.5 Å². The minimum absolute atomic E-state index is 0.0345. The molecule has 0 spiro atoms. The number of ether oxygens (including phenoxy) is 3. The molecule has 2 saturated heterocycles. The average Bonchev–Trinajstić information content (AvgIpc) is 3.49. The van der Waals surface area contributed by atoms with Crippen LogP contribution in [0.15, 0.2) is 83.8 Å². The molecule has 2 heterocycles. The van der Waals surface area contributed by atoms with Gasteiger partial charge in [0.15, 0.2) is 6.29 Å². The van der Waals surface area contributed by atoms with Gasteiger partial charge in [-0.2, -0.15) is 0 Å². The Labute approximate surface area is 266 Å². The Morgan fingerprint density at radius 2 is 1.60 bits per heavy atom. The summed E-state index contributed by atoms with van der Waals surface area (Å²) in [4.78, 5) is 15.5. The van der Waals surface area contributed by atoms with Gasteiger partial charge < -0.3 is 19.3 Å². The first-order valence-electron chi connectivity index (χ1n) is 15.5. The van der Waals surface area contributed by atoms with E-state index in [1.807, 2.05) is 69.3 Å². The Morgan fingerprint density at radius 1 is 0.956 bits per heavy atom. The minimum atomic E-state index is -3.63. The second kappa shape index (κ2) is 14.1. The van der Waals surface area contributed by atoms with E-state index < -0.39 is 21.9 Å². The van der Waals surface area contributed by atoms with E-state index in [1.54, 1.807) is 30.3 Å². The monoisotopic (exact) mass is 636 g/mol. The van der Waals surface area contributed by atoms with Crippen molar-refractivity contribution in [2.75, 3.05) is 13.1 Å². The lowest BCUT2D eigenvalue weighted by atomic mass is 9.90. The molecule has 0 aromatic heterocycles. The van der Waals surface area contributed by atoms with E-state index in [9.17, 15) is 18.3 Å². The topological polar surface area (TPSA) is 114 Å². The molecule has 2 fully saturated rings. The molecule has 242 valence electrons. The fraction of sp³-hybridized carbons (Fsp3) is 0.457. The second-order valence-corrected chi connectivity index (χ2v) is 14.7. The van der Waals surface area contributed by atoms with Gasteiger partial charge in [-0.15, -0.1) is 0 Å². The predicted molar refractivity (Wildman–Crippen MR) is 170 cm³/mol. The number of carbonyl (C=O) groups is 1. The van der Waals surface area contributed by atoms with Crippen molar-refractivity contribution in [2.24, 2.45) is 5.92 Å². The van der Waals surface area contributed by atoms with Gasteiger partial charge in [0.25, 0.3) is 0 Å². The van der Waals surface area contributed by atoms with Crippen LogP contribution in [0.25, 0.3) is 0 Å². The third-order valence-electron chi connectivity index (χ3n) is 8.35. The Morgan fingerprint density at radius 3 is 2.24 bits per heavy atom. The molecule has 5 unspecified atom stereocenters. The molecular weight excluding hydrogens is 592 g/mol. The van der Waals surface area contributed by atoms with E-state index in [0.29, 0.717) is 6.54 Å². The van der Waals surface area contributed by atoms with Gasteiger partial charge in [0.05, 0.1) is 23.7 Å². The van der Waals surface area contributed by atoms with Crippen molar-refractivity contribution in [1.82, 2.24) is 9.62 Å². The largest absolute Gasteiger partial charge is 0.459 e. The molecule has 5 atom stereocenters. The lowest BCUT2D eigenvalue weighted by molar-refractivity contribution is -0.276. The number of rotatable bonds is 10. The van der Waals surface area contributed by atoms with Gasteiger partial charge in [0.1, 0.15) is 11.6 Å². The van der Waals surface area contributed by atoms with Crippen LogP contribution in [0, 0.1) is 5.92 Å². The molecule has 9 nitrogen and oxygen atoms in total. The number of likely N-dealkylation sites (tertiary alicyclic amines) is 1. The summed E-state index contributed by atoms with van der Waals surface area (Å²) in [5, 5.41) is 9.55. The fourth-order valence-corrected chi connectivity index (χ4v) is 6.93. The highest BCUT2D eigenvalue weighted by Crippen LogP contribution is 2.42. The molecule has 3 aromatic carbocycles. The van der Waals surface area contributed by atoms with Crippen LogP contribution in [-0.2, 0) is 42.2 Å². The van der Waals surface area contributed by atoms with Gasteiger partial charge >= 0.3 is 5.97 Å². The first-order valence-corrected chi connectivity index (χ1v) is 17.0. The number of hydrogen-bond donors (Lipinski definition) is 2. The van der Waals surface area contributed by atoms with Crippen molar-refractivity contribution in [3.8, 4) is 0 Å². The SMILES string of the molecule is CC1C(CN2CCCC2C(=O)OC(C)(C)C)OC(c2ccc(CNS(=O)(=O)c3ccccc3)cc2)OC1c1ccc(CO)cc1. The van der Waals surface area contributed by atoms with E-state index in [2.05, 4.69) is 16.5 Å². The van der Waals surface area contributed by atoms with Crippen molar-refractivity contribution in [3.63, 3.8) is 0 Å². The molecule has 0 radical (unpaired) electrons. The summed E-state index contributed by atoms with van der Waals surface area (Å²) < 4.78 is 46.9. The van der Waals surface area contributed by atoms with Gasteiger partial charge in [-0.1, -0.05) is 73.7 Å². The van der Waals surface area contributed by atoms with Crippen molar-refractivity contribution in [2.45, 2.75) is 88.7 Å². The maximum absolute atomic E-state index is 13.1. The molecule has 0 amide bonds. The van der Waals surface area contributed by atoms with E-state index in [1.165, 1.54) is 0 Å². The molecule has 0 bridgehead atoms. The Balaban J connectivity index is 1.33. The first kappa shape index (κ1) is 33.2. The molecule has 10 heteroatoms. The maximum Gasteiger partial charge on any atom is 0.323 e. The highest BCUT2D eigenvalue weighted by atomic mass is 32.2. The standard InChI is InChI=1S/C35H44N2O7S/c1-24-31(22-37-20-8-11-30(37)33(39)44-35(2,3)4)42-34(43-32(24)27-16-14-26(23-38)15-17-27)28-18-12-25(13-19-28)21-36-45(40,41)29-9-6-5-7-10-29/h5-7,9-10,12-19,24,30-32,34,36,38H,8,11,20-23H2,1-4H3. The molecule has 0 aliphatic carbocycles. The van der Waals surface area contributed by atoms with E-state index in [4.69, 9.17) is 14.2 Å². The zero-order valence-corrected chi connectivity index (χ0v) is 27.2. The number of nitrogens with one attached hydrogen (secondary N) is 1. The zero-order valence-electron chi connectivity index (χ0n) is 26.4.